The third-order valence-corrected chi connectivity index (χ3v) is 2.84. The van der Waals surface area contributed by atoms with Crippen LogP contribution in [0.1, 0.15) is 11.7 Å². The Bertz CT molecular complexity index is 436. The first kappa shape index (κ1) is 10.4. The summed E-state index contributed by atoms with van der Waals surface area (Å²) >= 11 is 0. The molecule has 0 spiro atoms. The molecule has 0 aliphatic carbocycles. The lowest BCUT2D eigenvalue weighted by Gasteiger charge is -2.25. The lowest BCUT2D eigenvalue weighted by atomic mass is 10.1. The van der Waals surface area contributed by atoms with Gasteiger partial charge in [-0.15, -0.1) is 0 Å². The van der Waals surface area contributed by atoms with E-state index < -0.39 is 0 Å². The van der Waals surface area contributed by atoms with Gasteiger partial charge in [0, 0.05) is 6.54 Å². The summed E-state index contributed by atoms with van der Waals surface area (Å²) in [6, 6.07) is 5.73. The molecule has 1 N–H and O–H groups in total. The van der Waals surface area contributed by atoms with Crippen LogP contribution in [0, 0.1) is 0 Å². The molecule has 1 aromatic rings. The highest BCUT2D eigenvalue weighted by Gasteiger charge is 2.22. The Morgan fingerprint density at radius 2 is 2.00 bits per heavy atom. The van der Waals surface area contributed by atoms with Crippen LogP contribution < -0.4 is 14.8 Å². The van der Waals surface area contributed by atoms with Crippen molar-refractivity contribution >= 4 is 5.91 Å². The molecule has 0 radical (unpaired) electrons. The predicted molar refractivity (Wildman–Crippen MR) is 59.1 cm³/mol. The van der Waals surface area contributed by atoms with Crippen LogP contribution in [-0.2, 0) is 9.53 Å². The normalized spacial score (nSPS) is 23.1. The zero-order valence-corrected chi connectivity index (χ0v) is 9.27. The van der Waals surface area contributed by atoms with Gasteiger partial charge >= 0.3 is 0 Å². The summed E-state index contributed by atoms with van der Waals surface area (Å²) in [7, 11) is 0. The molecule has 0 saturated carbocycles. The highest BCUT2D eigenvalue weighted by Crippen LogP contribution is 2.33. The summed E-state index contributed by atoms with van der Waals surface area (Å²) in [6.07, 6.45) is -0.108. The molecule has 2 heterocycles. The highest BCUT2D eigenvalue weighted by molar-refractivity contribution is 5.77. The molecule has 90 valence electrons. The number of ether oxygens (including phenoxy) is 3. The SMILES string of the molecule is O=C1COC(c2ccc3c(c2)OCCO3)CN1. The molecule has 5 heteroatoms. The third kappa shape index (κ3) is 2.06. The first-order valence-corrected chi connectivity index (χ1v) is 5.61. The summed E-state index contributed by atoms with van der Waals surface area (Å²) in [4.78, 5) is 11.0. The van der Waals surface area contributed by atoms with Crippen molar-refractivity contribution in [3.05, 3.63) is 23.8 Å². The van der Waals surface area contributed by atoms with Crippen LogP contribution >= 0.6 is 0 Å². The van der Waals surface area contributed by atoms with Gasteiger partial charge in [0.25, 0.3) is 0 Å². The van der Waals surface area contributed by atoms with Crippen LogP contribution in [0.4, 0.5) is 0 Å². The molecule has 1 fully saturated rings. The molecule has 2 aliphatic rings. The second-order valence-electron chi connectivity index (χ2n) is 4.01. The van der Waals surface area contributed by atoms with E-state index in [-0.39, 0.29) is 18.6 Å². The Morgan fingerprint density at radius 3 is 2.76 bits per heavy atom. The van der Waals surface area contributed by atoms with Crippen molar-refractivity contribution in [1.82, 2.24) is 5.32 Å². The quantitative estimate of drug-likeness (QED) is 0.776. The maximum atomic E-state index is 11.0. The largest absolute Gasteiger partial charge is 0.486 e. The zero-order valence-electron chi connectivity index (χ0n) is 9.27. The average molecular weight is 235 g/mol. The number of benzene rings is 1. The highest BCUT2D eigenvalue weighted by atomic mass is 16.6. The molecule has 5 nitrogen and oxygen atoms in total. The fraction of sp³-hybridized carbons (Fsp3) is 0.417. The lowest BCUT2D eigenvalue weighted by molar-refractivity contribution is -0.133. The van der Waals surface area contributed by atoms with E-state index in [2.05, 4.69) is 5.32 Å². The summed E-state index contributed by atoms with van der Waals surface area (Å²) < 4.78 is 16.4. The number of rotatable bonds is 1. The lowest BCUT2D eigenvalue weighted by Crippen LogP contribution is -2.38. The van der Waals surface area contributed by atoms with Gasteiger partial charge in [0.05, 0.1) is 0 Å². The average Bonchev–Trinajstić information content (AvgIpc) is 2.39. The third-order valence-electron chi connectivity index (χ3n) is 2.84. The molecule has 1 unspecified atom stereocenters. The molecule has 17 heavy (non-hydrogen) atoms. The van der Waals surface area contributed by atoms with Gasteiger partial charge in [0.1, 0.15) is 25.9 Å². The molecule has 1 saturated heterocycles. The van der Waals surface area contributed by atoms with E-state index in [1.807, 2.05) is 18.2 Å². The minimum Gasteiger partial charge on any atom is -0.486 e. The van der Waals surface area contributed by atoms with Crippen molar-refractivity contribution in [2.45, 2.75) is 6.10 Å². The van der Waals surface area contributed by atoms with E-state index in [4.69, 9.17) is 14.2 Å². The molecule has 2 aliphatic heterocycles. The number of nitrogens with one attached hydrogen (secondary N) is 1. The van der Waals surface area contributed by atoms with E-state index in [0.29, 0.717) is 19.8 Å². The van der Waals surface area contributed by atoms with Gasteiger partial charge in [-0.2, -0.15) is 0 Å². The minimum absolute atomic E-state index is 0.0706. The molecular formula is C12H13NO4. The fourth-order valence-corrected chi connectivity index (χ4v) is 1.97. The van der Waals surface area contributed by atoms with E-state index in [1.165, 1.54) is 0 Å². The summed E-state index contributed by atoms with van der Waals surface area (Å²) in [5.41, 5.74) is 0.995. The second kappa shape index (κ2) is 4.25. The fourth-order valence-electron chi connectivity index (χ4n) is 1.97. The Hall–Kier alpha value is -1.75. The Morgan fingerprint density at radius 1 is 1.18 bits per heavy atom. The number of hydrogen-bond acceptors (Lipinski definition) is 4. The van der Waals surface area contributed by atoms with Crippen molar-refractivity contribution in [2.75, 3.05) is 26.4 Å². The number of fused-ring (bicyclic) bond motifs is 1. The molecule has 1 aromatic carbocycles. The van der Waals surface area contributed by atoms with Crippen molar-refractivity contribution in [1.29, 1.82) is 0 Å². The second-order valence-corrected chi connectivity index (χ2v) is 4.01. The van der Waals surface area contributed by atoms with Crippen molar-refractivity contribution in [3.8, 4) is 11.5 Å². The van der Waals surface area contributed by atoms with Gasteiger partial charge in [0.15, 0.2) is 11.5 Å². The number of amides is 1. The van der Waals surface area contributed by atoms with E-state index >= 15 is 0 Å². The molecule has 1 amide bonds. The number of carbonyl (C=O) groups excluding carboxylic acids is 1. The van der Waals surface area contributed by atoms with Gasteiger partial charge in [-0.3, -0.25) is 4.79 Å². The summed E-state index contributed by atoms with van der Waals surface area (Å²) in [5.74, 6) is 1.44. The van der Waals surface area contributed by atoms with Crippen molar-refractivity contribution in [2.24, 2.45) is 0 Å². The van der Waals surface area contributed by atoms with E-state index in [1.54, 1.807) is 0 Å². The standard InChI is InChI=1S/C12H13NO4/c14-12-7-17-11(6-13-12)8-1-2-9-10(5-8)16-4-3-15-9/h1-2,5,11H,3-4,6-7H2,(H,13,14). The maximum absolute atomic E-state index is 11.0. The first-order valence-electron chi connectivity index (χ1n) is 5.61. The molecule has 0 aromatic heterocycles. The van der Waals surface area contributed by atoms with E-state index in [0.717, 1.165) is 17.1 Å². The number of carbonyl (C=O) groups is 1. The maximum Gasteiger partial charge on any atom is 0.246 e. The summed E-state index contributed by atoms with van der Waals surface area (Å²) in [6.45, 7) is 1.76. The van der Waals surface area contributed by atoms with Gasteiger partial charge in [-0.1, -0.05) is 6.07 Å². The Labute approximate surface area is 98.7 Å². The molecule has 1 atom stereocenters. The van der Waals surface area contributed by atoms with Crippen LogP contribution in [0.2, 0.25) is 0 Å². The molecular weight excluding hydrogens is 222 g/mol. The molecule has 0 bridgehead atoms. The van der Waals surface area contributed by atoms with Gasteiger partial charge in [-0.05, 0) is 17.7 Å². The van der Waals surface area contributed by atoms with Crippen molar-refractivity contribution < 1.29 is 19.0 Å². The minimum atomic E-state index is -0.108. The van der Waals surface area contributed by atoms with Gasteiger partial charge in [-0.25, -0.2) is 0 Å². The summed E-state index contributed by atoms with van der Waals surface area (Å²) in [5, 5.41) is 2.77. The number of morpholine rings is 1. The van der Waals surface area contributed by atoms with Crippen LogP contribution in [0.3, 0.4) is 0 Å². The van der Waals surface area contributed by atoms with Gasteiger partial charge in [0.2, 0.25) is 5.91 Å². The molecule has 3 rings (SSSR count). The zero-order chi connectivity index (χ0) is 11.7. The van der Waals surface area contributed by atoms with Crippen LogP contribution in [-0.4, -0.2) is 32.3 Å². The van der Waals surface area contributed by atoms with Crippen molar-refractivity contribution in [3.63, 3.8) is 0 Å². The first-order chi connectivity index (χ1) is 8.33. The number of hydrogen-bond donors (Lipinski definition) is 1. The van der Waals surface area contributed by atoms with E-state index in [9.17, 15) is 4.79 Å². The Balaban J connectivity index is 1.81. The van der Waals surface area contributed by atoms with Crippen LogP contribution in [0.25, 0.3) is 0 Å². The Kier molecular flexibility index (Phi) is 2.60. The topological polar surface area (TPSA) is 56.8 Å². The van der Waals surface area contributed by atoms with Crippen LogP contribution in [0.5, 0.6) is 11.5 Å². The smallest absolute Gasteiger partial charge is 0.246 e. The van der Waals surface area contributed by atoms with Gasteiger partial charge < -0.3 is 19.5 Å². The predicted octanol–water partition coefficient (Wildman–Crippen LogP) is 0.645. The van der Waals surface area contributed by atoms with Crippen LogP contribution in [0.15, 0.2) is 18.2 Å². The monoisotopic (exact) mass is 235 g/mol.